The van der Waals surface area contributed by atoms with Crippen molar-refractivity contribution < 1.29 is 9.84 Å². The molecule has 0 fully saturated rings. The molecule has 0 aromatic heterocycles. The van der Waals surface area contributed by atoms with Gasteiger partial charge >= 0.3 is 0 Å². The number of rotatable bonds is 4. The highest BCUT2D eigenvalue weighted by atomic mass is 79.9. The number of benzene rings is 1. The first-order valence-corrected chi connectivity index (χ1v) is 5.53. The zero-order valence-corrected chi connectivity index (χ0v) is 10.2. The van der Waals surface area contributed by atoms with Gasteiger partial charge in [0, 0.05) is 21.7 Å². The maximum atomic E-state index is 9.73. The van der Waals surface area contributed by atoms with E-state index in [0.29, 0.717) is 17.2 Å². The van der Waals surface area contributed by atoms with Gasteiger partial charge in [0.05, 0.1) is 6.61 Å². The average molecular weight is 280 g/mol. The third-order valence-electron chi connectivity index (χ3n) is 1.80. The van der Waals surface area contributed by atoms with Gasteiger partial charge in [-0.15, -0.1) is 0 Å². The summed E-state index contributed by atoms with van der Waals surface area (Å²) in [5.41, 5.74) is 0.689. The van der Waals surface area contributed by atoms with Gasteiger partial charge in [0.15, 0.2) is 0 Å². The molecule has 0 heterocycles. The molecular formula is C10H12BrClO2. The van der Waals surface area contributed by atoms with Gasteiger partial charge in [-0.25, -0.2) is 0 Å². The molecule has 1 aromatic rings. The van der Waals surface area contributed by atoms with E-state index in [1.54, 1.807) is 12.1 Å². The summed E-state index contributed by atoms with van der Waals surface area (Å²) in [4.78, 5) is 0. The van der Waals surface area contributed by atoms with Crippen molar-refractivity contribution in [2.75, 3.05) is 13.2 Å². The van der Waals surface area contributed by atoms with E-state index >= 15 is 0 Å². The van der Waals surface area contributed by atoms with Crippen LogP contribution < -0.4 is 0 Å². The summed E-state index contributed by atoms with van der Waals surface area (Å²) in [6.45, 7) is 2.74. The Morgan fingerprint density at radius 3 is 2.93 bits per heavy atom. The number of aliphatic hydroxyl groups is 1. The van der Waals surface area contributed by atoms with Crippen molar-refractivity contribution in [2.24, 2.45) is 0 Å². The van der Waals surface area contributed by atoms with E-state index in [9.17, 15) is 5.11 Å². The third-order valence-corrected chi connectivity index (χ3v) is 2.63. The molecular weight excluding hydrogens is 267 g/mol. The normalized spacial score (nSPS) is 12.9. The molecule has 0 radical (unpaired) electrons. The molecule has 1 aromatic carbocycles. The minimum Gasteiger partial charge on any atom is -0.386 e. The largest absolute Gasteiger partial charge is 0.386 e. The summed E-state index contributed by atoms with van der Waals surface area (Å²) in [6.07, 6.45) is -0.667. The first-order chi connectivity index (χ1) is 6.65. The molecule has 0 saturated heterocycles. The molecule has 0 amide bonds. The number of aliphatic hydroxyl groups excluding tert-OH is 1. The zero-order chi connectivity index (χ0) is 10.6. The quantitative estimate of drug-likeness (QED) is 0.917. The van der Waals surface area contributed by atoms with Crippen LogP contribution in [0, 0.1) is 0 Å². The van der Waals surface area contributed by atoms with Crippen molar-refractivity contribution in [2.45, 2.75) is 13.0 Å². The molecule has 2 nitrogen and oxygen atoms in total. The standard InChI is InChI=1S/C10H12BrClO2/c1-2-14-6-10(13)8-5-7(11)3-4-9(8)12/h3-5,10,13H,2,6H2,1H3. The minimum absolute atomic E-state index is 0.271. The molecule has 0 bridgehead atoms. The van der Waals surface area contributed by atoms with Crippen LogP contribution in [0.1, 0.15) is 18.6 Å². The lowest BCUT2D eigenvalue weighted by Gasteiger charge is -2.12. The molecule has 0 spiro atoms. The number of halogens is 2. The number of hydrogen-bond donors (Lipinski definition) is 1. The summed E-state index contributed by atoms with van der Waals surface area (Å²) in [5.74, 6) is 0. The summed E-state index contributed by atoms with van der Waals surface area (Å²) < 4.78 is 6.02. The molecule has 1 rings (SSSR count). The second-order valence-electron chi connectivity index (χ2n) is 2.84. The van der Waals surface area contributed by atoms with Gasteiger partial charge in [0.25, 0.3) is 0 Å². The highest BCUT2D eigenvalue weighted by molar-refractivity contribution is 9.10. The fourth-order valence-corrected chi connectivity index (χ4v) is 1.71. The molecule has 1 unspecified atom stereocenters. The highest BCUT2D eigenvalue weighted by Crippen LogP contribution is 2.26. The Morgan fingerprint density at radius 1 is 1.57 bits per heavy atom. The van der Waals surface area contributed by atoms with Crippen LogP contribution in [0.4, 0.5) is 0 Å². The molecule has 78 valence electrons. The third kappa shape index (κ3) is 3.24. The van der Waals surface area contributed by atoms with Crippen LogP contribution in [0.3, 0.4) is 0 Å². The molecule has 1 N–H and O–H groups in total. The number of ether oxygens (including phenoxy) is 1. The Bertz CT molecular complexity index is 304. The molecule has 4 heteroatoms. The fraction of sp³-hybridized carbons (Fsp3) is 0.400. The Morgan fingerprint density at radius 2 is 2.29 bits per heavy atom. The summed E-state index contributed by atoms with van der Waals surface area (Å²) >= 11 is 9.26. The van der Waals surface area contributed by atoms with Crippen LogP contribution in [-0.2, 0) is 4.74 Å². The summed E-state index contributed by atoms with van der Waals surface area (Å²) in [7, 11) is 0. The zero-order valence-electron chi connectivity index (χ0n) is 7.84. The van der Waals surface area contributed by atoms with Gasteiger partial charge in [0.2, 0.25) is 0 Å². The SMILES string of the molecule is CCOCC(O)c1cc(Br)ccc1Cl. The van der Waals surface area contributed by atoms with Crippen molar-refractivity contribution in [1.82, 2.24) is 0 Å². The topological polar surface area (TPSA) is 29.5 Å². The van der Waals surface area contributed by atoms with E-state index in [2.05, 4.69) is 15.9 Å². The molecule has 14 heavy (non-hydrogen) atoms. The van der Waals surface area contributed by atoms with E-state index in [-0.39, 0.29) is 6.61 Å². The Balaban J connectivity index is 2.77. The van der Waals surface area contributed by atoms with Crippen molar-refractivity contribution >= 4 is 27.5 Å². The Labute approximate surface area is 97.0 Å². The van der Waals surface area contributed by atoms with Crippen LogP contribution >= 0.6 is 27.5 Å². The molecule has 0 aliphatic carbocycles. The van der Waals surface area contributed by atoms with Crippen LogP contribution in [0.25, 0.3) is 0 Å². The van der Waals surface area contributed by atoms with E-state index in [4.69, 9.17) is 16.3 Å². The van der Waals surface area contributed by atoms with Gasteiger partial charge in [-0.1, -0.05) is 27.5 Å². The van der Waals surface area contributed by atoms with E-state index in [1.165, 1.54) is 0 Å². The second-order valence-corrected chi connectivity index (χ2v) is 4.16. The predicted octanol–water partition coefficient (Wildman–Crippen LogP) is 3.17. The van der Waals surface area contributed by atoms with Gasteiger partial charge in [0.1, 0.15) is 6.10 Å². The average Bonchev–Trinajstić information content (AvgIpc) is 2.18. The van der Waals surface area contributed by atoms with Crippen molar-refractivity contribution in [3.05, 3.63) is 33.3 Å². The minimum atomic E-state index is -0.667. The lowest BCUT2D eigenvalue weighted by Crippen LogP contribution is -2.07. The van der Waals surface area contributed by atoms with Crippen LogP contribution in [0.5, 0.6) is 0 Å². The second kappa shape index (κ2) is 5.71. The van der Waals surface area contributed by atoms with Crippen LogP contribution in [0.15, 0.2) is 22.7 Å². The summed E-state index contributed by atoms with van der Waals surface area (Å²) in [6, 6.07) is 5.38. The van der Waals surface area contributed by atoms with Crippen LogP contribution in [-0.4, -0.2) is 18.3 Å². The van der Waals surface area contributed by atoms with Gasteiger partial charge in [-0.2, -0.15) is 0 Å². The summed E-state index contributed by atoms with van der Waals surface area (Å²) in [5, 5.41) is 10.3. The first kappa shape index (κ1) is 12.0. The van der Waals surface area contributed by atoms with E-state index in [0.717, 1.165) is 4.47 Å². The van der Waals surface area contributed by atoms with Crippen LogP contribution in [0.2, 0.25) is 5.02 Å². The maximum Gasteiger partial charge on any atom is 0.104 e. The maximum absolute atomic E-state index is 9.73. The van der Waals surface area contributed by atoms with Crippen molar-refractivity contribution in [3.63, 3.8) is 0 Å². The molecule has 0 aliphatic rings. The molecule has 1 atom stereocenters. The Hall–Kier alpha value is -0.0900. The highest BCUT2D eigenvalue weighted by Gasteiger charge is 2.11. The van der Waals surface area contributed by atoms with E-state index in [1.807, 2.05) is 13.0 Å². The molecule has 0 saturated carbocycles. The van der Waals surface area contributed by atoms with E-state index < -0.39 is 6.10 Å². The first-order valence-electron chi connectivity index (χ1n) is 4.36. The lowest BCUT2D eigenvalue weighted by molar-refractivity contribution is 0.0420. The van der Waals surface area contributed by atoms with Gasteiger partial charge in [-0.3, -0.25) is 0 Å². The van der Waals surface area contributed by atoms with Crippen molar-refractivity contribution in [1.29, 1.82) is 0 Å². The predicted molar refractivity (Wildman–Crippen MR) is 60.6 cm³/mol. The Kier molecular flexibility index (Phi) is 4.89. The van der Waals surface area contributed by atoms with Crippen molar-refractivity contribution in [3.8, 4) is 0 Å². The monoisotopic (exact) mass is 278 g/mol. The van der Waals surface area contributed by atoms with Gasteiger partial charge < -0.3 is 9.84 Å². The lowest BCUT2D eigenvalue weighted by atomic mass is 10.1. The smallest absolute Gasteiger partial charge is 0.104 e. The van der Waals surface area contributed by atoms with Gasteiger partial charge in [-0.05, 0) is 25.1 Å². The fourth-order valence-electron chi connectivity index (χ4n) is 1.09. The number of hydrogen-bond acceptors (Lipinski definition) is 2. The molecule has 0 aliphatic heterocycles.